The number of carbonyl (C=O) groups excluding carboxylic acids is 1. The lowest BCUT2D eigenvalue weighted by molar-refractivity contribution is -0.384. The Morgan fingerprint density at radius 3 is 2.52 bits per heavy atom. The minimum Gasteiger partial charge on any atom is -0.493 e. The molecule has 0 fully saturated rings. The number of nitrogens with zero attached hydrogens (tertiary/aromatic N) is 2. The molecule has 27 heavy (non-hydrogen) atoms. The van der Waals surface area contributed by atoms with Crippen LogP contribution >= 0.6 is 0 Å². The molecule has 1 N–H and O–H groups in total. The van der Waals surface area contributed by atoms with Crippen molar-refractivity contribution in [2.24, 2.45) is 0 Å². The number of methoxy groups -OCH3 is 2. The molecule has 140 valence electrons. The van der Waals surface area contributed by atoms with E-state index in [9.17, 15) is 25.0 Å². The molecule has 0 saturated heterocycles. The first-order valence-electron chi connectivity index (χ1n) is 7.52. The summed E-state index contributed by atoms with van der Waals surface area (Å²) in [7, 11) is 2.48. The lowest BCUT2D eigenvalue weighted by atomic mass is 9.98. The predicted octanol–water partition coefficient (Wildman–Crippen LogP) is 1.69. The molecule has 0 unspecified atom stereocenters. The van der Waals surface area contributed by atoms with E-state index in [4.69, 9.17) is 9.47 Å². The number of hydrogen-bond donors (Lipinski definition) is 1. The molecule has 2 rings (SSSR count). The number of carbonyl (C=O) groups is 1. The highest BCUT2D eigenvalue weighted by Gasteiger charge is 2.24. The Hall–Kier alpha value is -3.87. The number of nitriles is 1. The van der Waals surface area contributed by atoms with Crippen LogP contribution in [0.15, 0.2) is 23.0 Å². The van der Waals surface area contributed by atoms with Gasteiger partial charge in [-0.05, 0) is 19.1 Å². The Balaban J connectivity index is 2.72. The number of hydrogen-bond acceptors (Lipinski definition) is 8. The van der Waals surface area contributed by atoms with Crippen LogP contribution in [-0.4, -0.2) is 36.7 Å². The molecule has 1 heterocycles. The fraction of sp³-hybridized carbons (Fsp3) is 0.235. The summed E-state index contributed by atoms with van der Waals surface area (Å²) in [5, 5.41) is 20.8. The summed E-state index contributed by atoms with van der Waals surface area (Å²) in [6, 6.07) is 5.55. The number of pyridine rings is 1. The maximum atomic E-state index is 12.0. The monoisotopic (exact) mass is 373 g/mol. The van der Waals surface area contributed by atoms with Gasteiger partial charge in [-0.15, -0.1) is 0 Å². The lowest BCUT2D eigenvalue weighted by Crippen LogP contribution is -2.14. The van der Waals surface area contributed by atoms with Gasteiger partial charge in [0.05, 0.1) is 30.8 Å². The summed E-state index contributed by atoms with van der Waals surface area (Å²) in [5.41, 5.74) is -0.831. The molecular weight excluding hydrogens is 358 g/mol. The highest BCUT2D eigenvalue weighted by molar-refractivity contribution is 5.81. The minimum absolute atomic E-state index is 0.00742. The van der Waals surface area contributed by atoms with E-state index in [1.807, 2.05) is 0 Å². The molecule has 0 radical (unpaired) electrons. The van der Waals surface area contributed by atoms with E-state index in [1.54, 1.807) is 13.0 Å². The average molecular weight is 373 g/mol. The smallest absolute Gasteiger partial charge is 0.343 e. The molecule has 0 saturated carbocycles. The van der Waals surface area contributed by atoms with Crippen LogP contribution < -0.4 is 15.0 Å². The van der Waals surface area contributed by atoms with Gasteiger partial charge < -0.3 is 19.2 Å². The van der Waals surface area contributed by atoms with Crippen LogP contribution in [0.3, 0.4) is 0 Å². The molecule has 0 spiro atoms. The van der Waals surface area contributed by atoms with E-state index in [0.717, 1.165) is 6.07 Å². The maximum absolute atomic E-state index is 12.0. The minimum atomic E-state index is -0.683. The second-order valence-corrected chi connectivity index (χ2v) is 5.32. The van der Waals surface area contributed by atoms with Gasteiger partial charge in [0.2, 0.25) is 0 Å². The van der Waals surface area contributed by atoms with Crippen LogP contribution in [0.4, 0.5) is 5.69 Å². The SMILES string of the molecule is COC(=O)COc1cc([N+](=O)[O-])c(-c2cc(C)[nH]c(=O)c2C#N)cc1OC. The topological polar surface area (TPSA) is 145 Å². The van der Waals surface area contributed by atoms with Crippen LogP contribution in [-0.2, 0) is 9.53 Å². The van der Waals surface area contributed by atoms with Crippen molar-refractivity contribution in [2.45, 2.75) is 6.92 Å². The van der Waals surface area contributed by atoms with E-state index >= 15 is 0 Å². The Labute approximate surface area is 153 Å². The molecule has 1 aromatic heterocycles. The van der Waals surface area contributed by atoms with Crippen molar-refractivity contribution in [1.82, 2.24) is 4.98 Å². The zero-order valence-corrected chi connectivity index (χ0v) is 14.7. The van der Waals surface area contributed by atoms with Gasteiger partial charge in [-0.1, -0.05) is 0 Å². The largest absolute Gasteiger partial charge is 0.493 e. The Morgan fingerprint density at radius 2 is 1.96 bits per heavy atom. The normalized spacial score (nSPS) is 10.0. The third-order valence-electron chi connectivity index (χ3n) is 3.62. The zero-order chi connectivity index (χ0) is 20.1. The van der Waals surface area contributed by atoms with Gasteiger partial charge in [-0.2, -0.15) is 5.26 Å². The highest BCUT2D eigenvalue weighted by Crippen LogP contribution is 2.40. The molecule has 0 amide bonds. The number of aryl methyl sites for hydroxylation is 1. The summed E-state index contributed by atoms with van der Waals surface area (Å²) < 4.78 is 14.9. The Morgan fingerprint density at radius 1 is 1.26 bits per heavy atom. The number of nitrogens with one attached hydrogen (secondary N) is 1. The van der Waals surface area contributed by atoms with Crippen LogP contribution in [0.5, 0.6) is 11.5 Å². The third-order valence-corrected chi connectivity index (χ3v) is 3.62. The van der Waals surface area contributed by atoms with Crippen LogP contribution in [0, 0.1) is 28.4 Å². The van der Waals surface area contributed by atoms with Crippen molar-refractivity contribution in [3.8, 4) is 28.7 Å². The standard InChI is InChI=1S/C17H15N3O7/c1-9-4-10(12(7-18)17(22)19-9)11-5-14(25-2)15(6-13(11)20(23)24)27-8-16(21)26-3/h4-6H,8H2,1-3H3,(H,19,22). The number of aromatic nitrogens is 1. The van der Waals surface area contributed by atoms with E-state index in [-0.39, 0.29) is 28.2 Å². The summed E-state index contributed by atoms with van der Waals surface area (Å²) in [6.07, 6.45) is 0. The number of H-pyrrole nitrogens is 1. The predicted molar refractivity (Wildman–Crippen MR) is 92.7 cm³/mol. The molecule has 10 nitrogen and oxygen atoms in total. The van der Waals surface area contributed by atoms with Gasteiger partial charge in [-0.25, -0.2) is 4.79 Å². The summed E-state index contributed by atoms with van der Waals surface area (Å²) in [6.45, 7) is 1.11. The van der Waals surface area contributed by atoms with Crippen molar-refractivity contribution in [1.29, 1.82) is 5.26 Å². The quantitative estimate of drug-likeness (QED) is 0.457. The number of nitro benzene ring substituents is 1. The van der Waals surface area contributed by atoms with E-state index in [2.05, 4.69) is 9.72 Å². The van der Waals surface area contributed by atoms with Crippen LogP contribution in [0.2, 0.25) is 0 Å². The second kappa shape index (κ2) is 8.01. The number of nitro groups is 1. The molecule has 10 heteroatoms. The first-order chi connectivity index (χ1) is 12.8. The molecule has 2 aromatic rings. The van der Waals surface area contributed by atoms with Crippen molar-refractivity contribution in [2.75, 3.05) is 20.8 Å². The van der Waals surface area contributed by atoms with Gasteiger partial charge in [0.25, 0.3) is 11.2 Å². The molecular formula is C17H15N3O7. The number of ether oxygens (including phenoxy) is 3. The first kappa shape index (κ1) is 19.5. The van der Waals surface area contributed by atoms with E-state index in [1.165, 1.54) is 26.4 Å². The fourth-order valence-corrected chi connectivity index (χ4v) is 2.40. The number of rotatable bonds is 6. The molecule has 0 aliphatic rings. The van der Waals surface area contributed by atoms with Crippen molar-refractivity contribution >= 4 is 11.7 Å². The molecule has 0 bridgehead atoms. The van der Waals surface area contributed by atoms with Gasteiger partial charge in [0.1, 0.15) is 11.6 Å². The molecule has 0 aliphatic carbocycles. The zero-order valence-electron chi connectivity index (χ0n) is 14.7. The van der Waals surface area contributed by atoms with E-state index < -0.39 is 28.7 Å². The average Bonchev–Trinajstić information content (AvgIpc) is 2.64. The van der Waals surface area contributed by atoms with Crippen molar-refractivity contribution in [3.05, 3.63) is 49.9 Å². The van der Waals surface area contributed by atoms with Gasteiger partial charge in [0.15, 0.2) is 18.1 Å². The second-order valence-electron chi connectivity index (χ2n) is 5.32. The Kier molecular flexibility index (Phi) is 5.77. The van der Waals surface area contributed by atoms with Crippen molar-refractivity contribution in [3.63, 3.8) is 0 Å². The Bertz CT molecular complexity index is 1000. The van der Waals surface area contributed by atoms with E-state index in [0.29, 0.717) is 5.69 Å². The number of aromatic amines is 1. The summed E-state index contributed by atoms with van der Waals surface area (Å²) in [4.78, 5) is 36.6. The van der Waals surface area contributed by atoms with Gasteiger partial charge >= 0.3 is 5.97 Å². The molecule has 0 aliphatic heterocycles. The molecule has 1 aromatic carbocycles. The first-order valence-corrected chi connectivity index (χ1v) is 7.52. The van der Waals surface area contributed by atoms with Gasteiger partial charge in [-0.3, -0.25) is 14.9 Å². The van der Waals surface area contributed by atoms with Gasteiger partial charge in [0, 0.05) is 11.3 Å². The maximum Gasteiger partial charge on any atom is 0.343 e. The highest BCUT2D eigenvalue weighted by atomic mass is 16.6. The summed E-state index contributed by atoms with van der Waals surface area (Å²) >= 11 is 0. The van der Waals surface area contributed by atoms with Crippen molar-refractivity contribution < 1.29 is 23.9 Å². The fourth-order valence-electron chi connectivity index (χ4n) is 2.40. The molecule has 0 atom stereocenters. The van der Waals surface area contributed by atoms with Crippen LogP contribution in [0.1, 0.15) is 11.3 Å². The van der Waals surface area contributed by atoms with Crippen LogP contribution in [0.25, 0.3) is 11.1 Å². The number of benzene rings is 1. The number of esters is 1. The summed E-state index contributed by atoms with van der Waals surface area (Å²) in [5.74, 6) is -0.652. The third kappa shape index (κ3) is 4.04. The lowest BCUT2D eigenvalue weighted by Gasteiger charge is -2.13.